The summed E-state index contributed by atoms with van der Waals surface area (Å²) in [5.41, 5.74) is -0.00691. The van der Waals surface area contributed by atoms with Crippen molar-refractivity contribution in [1.29, 1.82) is 0 Å². The lowest BCUT2D eigenvalue weighted by atomic mass is 9.73. The first-order valence-electron chi connectivity index (χ1n) is 8.46. The van der Waals surface area contributed by atoms with Crippen molar-refractivity contribution in [3.05, 3.63) is 34.3 Å². The number of rotatable bonds is 4. The molecule has 2 atom stereocenters. The van der Waals surface area contributed by atoms with Crippen molar-refractivity contribution in [2.24, 2.45) is 5.92 Å². The second-order valence-corrected chi connectivity index (χ2v) is 7.64. The molecule has 1 saturated carbocycles. The molecule has 3 amide bonds. The van der Waals surface area contributed by atoms with Crippen LogP contribution in [0.5, 0.6) is 0 Å². The zero-order valence-electron chi connectivity index (χ0n) is 14.1. The van der Waals surface area contributed by atoms with E-state index < -0.39 is 17.5 Å². The van der Waals surface area contributed by atoms with E-state index >= 15 is 0 Å². The highest BCUT2D eigenvalue weighted by Gasteiger charge is 2.55. The number of imide groups is 1. The second-order valence-electron chi connectivity index (χ2n) is 6.73. The maximum atomic E-state index is 12.8. The largest absolute Gasteiger partial charge is 0.459 e. The van der Waals surface area contributed by atoms with Gasteiger partial charge in [0, 0.05) is 4.47 Å². The number of carbonyl (C=O) groups is 3. The number of hydrogen-bond acceptors (Lipinski definition) is 4. The van der Waals surface area contributed by atoms with Crippen LogP contribution in [0.4, 0.5) is 4.79 Å². The highest BCUT2D eigenvalue weighted by atomic mass is 79.9. The molecular weight excluding hydrogens is 388 g/mol. The molecule has 1 aromatic carbocycles. The van der Waals surface area contributed by atoms with E-state index in [0.717, 1.165) is 34.2 Å². The van der Waals surface area contributed by atoms with Crippen LogP contribution in [0.15, 0.2) is 28.7 Å². The molecule has 25 heavy (non-hydrogen) atoms. The van der Waals surface area contributed by atoms with Gasteiger partial charge in [0.15, 0.2) is 0 Å². The normalized spacial score (nSPS) is 26.0. The Morgan fingerprint density at radius 1 is 1.32 bits per heavy atom. The van der Waals surface area contributed by atoms with E-state index in [1.54, 1.807) is 0 Å². The summed E-state index contributed by atoms with van der Waals surface area (Å²) in [7, 11) is 0. The van der Waals surface area contributed by atoms with Crippen LogP contribution >= 0.6 is 15.9 Å². The van der Waals surface area contributed by atoms with Crippen LogP contribution in [0.1, 0.15) is 38.2 Å². The molecule has 0 unspecified atom stereocenters. The van der Waals surface area contributed by atoms with Crippen molar-refractivity contribution in [3.8, 4) is 0 Å². The van der Waals surface area contributed by atoms with Gasteiger partial charge in [0.05, 0.1) is 0 Å². The van der Waals surface area contributed by atoms with Crippen LogP contribution in [0.25, 0.3) is 0 Å². The molecule has 0 aromatic heterocycles. The molecule has 0 radical (unpaired) electrons. The van der Waals surface area contributed by atoms with Gasteiger partial charge in [0.2, 0.25) is 0 Å². The Kier molecular flexibility index (Phi) is 5.13. The van der Waals surface area contributed by atoms with E-state index in [-0.39, 0.29) is 25.0 Å². The zero-order chi connectivity index (χ0) is 18.0. The summed E-state index contributed by atoms with van der Waals surface area (Å²) in [4.78, 5) is 38.1. The Labute approximate surface area is 155 Å². The standard InChI is InChI=1S/C18H21BrN2O4/c1-12-4-2-3-9-18(12)16(23)21(17(24)20-18)10-15(22)25-11-13-5-7-14(19)8-6-13/h5-8,12H,2-4,9-11H2,1H3,(H,20,24)/t12-,18-/m1/s1. The maximum absolute atomic E-state index is 12.8. The number of hydrogen-bond donors (Lipinski definition) is 1. The van der Waals surface area contributed by atoms with Crippen molar-refractivity contribution in [1.82, 2.24) is 10.2 Å². The summed E-state index contributed by atoms with van der Waals surface area (Å²) < 4.78 is 6.14. The fourth-order valence-corrected chi connectivity index (χ4v) is 3.82. The number of amides is 3. The molecule has 134 valence electrons. The molecule has 1 spiro atoms. The van der Waals surface area contributed by atoms with Crippen molar-refractivity contribution in [3.63, 3.8) is 0 Å². The Hall–Kier alpha value is -1.89. The van der Waals surface area contributed by atoms with Crippen molar-refractivity contribution < 1.29 is 19.1 Å². The lowest BCUT2D eigenvalue weighted by Crippen LogP contribution is -2.54. The van der Waals surface area contributed by atoms with E-state index in [1.165, 1.54) is 0 Å². The zero-order valence-corrected chi connectivity index (χ0v) is 15.7. The fraction of sp³-hybridized carbons (Fsp3) is 0.500. The minimum atomic E-state index is -0.846. The highest BCUT2D eigenvalue weighted by Crippen LogP contribution is 2.38. The third-order valence-corrected chi connectivity index (χ3v) is 5.63. The summed E-state index contributed by atoms with van der Waals surface area (Å²) in [6.07, 6.45) is 3.48. The Morgan fingerprint density at radius 3 is 2.72 bits per heavy atom. The number of ether oxygens (including phenoxy) is 1. The minimum absolute atomic E-state index is 0.0708. The fourth-order valence-electron chi connectivity index (χ4n) is 3.56. The number of nitrogens with one attached hydrogen (secondary N) is 1. The first kappa shape index (κ1) is 17.9. The van der Waals surface area contributed by atoms with Crippen molar-refractivity contribution in [2.45, 2.75) is 44.8 Å². The molecule has 1 N–H and O–H groups in total. The minimum Gasteiger partial charge on any atom is -0.459 e. The van der Waals surface area contributed by atoms with E-state index in [9.17, 15) is 14.4 Å². The molecule has 7 heteroatoms. The second kappa shape index (κ2) is 7.15. The van der Waals surface area contributed by atoms with Crippen LogP contribution in [0.3, 0.4) is 0 Å². The first-order chi connectivity index (χ1) is 11.9. The molecule has 0 bridgehead atoms. The Morgan fingerprint density at radius 2 is 2.04 bits per heavy atom. The van der Waals surface area contributed by atoms with Gasteiger partial charge in [-0.05, 0) is 36.5 Å². The third-order valence-electron chi connectivity index (χ3n) is 5.10. The van der Waals surface area contributed by atoms with Crippen LogP contribution in [-0.2, 0) is 20.9 Å². The molecular formula is C18H21BrN2O4. The summed E-state index contributed by atoms with van der Waals surface area (Å²) in [5.74, 6) is -0.821. The van der Waals surface area contributed by atoms with E-state index in [2.05, 4.69) is 21.2 Å². The molecule has 1 aliphatic carbocycles. The van der Waals surface area contributed by atoms with E-state index in [4.69, 9.17) is 4.74 Å². The van der Waals surface area contributed by atoms with Gasteiger partial charge in [-0.25, -0.2) is 4.79 Å². The number of esters is 1. The first-order valence-corrected chi connectivity index (χ1v) is 9.26. The van der Waals surface area contributed by atoms with E-state index in [1.807, 2.05) is 31.2 Å². The van der Waals surface area contributed by atoms with Crippen LogP contribution in [-0.4, -0.2) is 34.9 Å². The SMILES string of the molecule is C[C@@H]1CCCC[C@@]12NC(=O)N(CC(=O)OCc1ccc(Br)cc1)C2=O. The average Bonchev–Trinajstić information content (AvgIpc) is 2.82. The monoisotopic (exact) mass is 408 g/mol. The Bertz CT molecular complexity index is 691. The molecule has 2 fully saturated rings. The van der Waals surface area contributed by atoms with Gasteiger partial charge < -0.3 is 10.1 Å². The molecule has 3 rings (SSSR count). The lowest BCUT2D eigenvalue weighted by Gasteiger charge is -2.36. The number of urea groups is 1. The van der Waals surface area contributed by atoms with Gasteiger partial charge in [-0.3, -0.25) is 14.5 Å². The van der Waals surface area contributed by atoms with E-state index in [0.29, 0.717) is 6.42 Å². The highest BCUT2D eigenvalue weighted by molar-refractivity contribution is 9.10. The number of carbonyl (C=O) groups excluding carboxylic acids is 3. The quantitative estimate of drug-likeness (QED) is 0.613. The summed E-state index contributed by atoms with van der Waals surface area (Å²) in [5, 5.41) is 2.83. The van der Waals surface area contributed by atoms with Gasteiger partial charge >= 0.3 is 12.0 Å². The Balaban J connectivity index is 1.60. The summed E-state index contributed by atoms with van der Waals surface area (Å²) >= 11 is 3.34. The third kappa shape index (κ3) is 3.56. The van der Waals surface area contributed by atoms with Gasteiger partial charge in [-0.2, -0.15) is 0 Å². The molecule has 1 saturated heterocycles. The van der Waals surface area contributed by atoms with Crippen LogP contribution in [0.2, 0.25) is 0 Å². The lowest BCUT2D eigenvalue weighted by molar-refractivity contribution is -0.149. The summed E-state index contributed by atoms with van der Waals surface area (Å²) in [6, 6.07) is 6.89. The van der Waals surface area contributed by atoms with Gasteiger partial charge in [-0.15, -0.1) is 0 Å². The van der Waals surface area contributed by atoms with Crippen LogP contribution in [0, 0.1) is 5.92 Å². The number of halogens is 1. The number of benzene rings is 1. The number of nitrogens with zero attached hydrogens (tertiary/aromatic N) is 1. The molecule has 6 nitrogen and oxygen atoms in total. The predicted octanol–water partition coefficient (Wildman–Crippen LogP) is 2.99. The predicted molar refractivity (Wildman–Crippen MR) is 94.5 cm³/mol. The van der Waals surface area contributed by atoms with Crippen molar-refractivity contribution >= 4 is 33.8 Å². The van der Waals surface area contributed by atoms with Crippen molar-refractivity contribution in [2.75, 3.05) is 6.54 Å². The molecule has 1 heterocycles. The van der Waals surface area contributed by atoms with Crippen LogP contribution < -0.4 is 5.32 Å². The smallest absolute Gasteiger partial charge is 0.326 e. The van der Waals surface area contributed by atoms with Gasteiger partial charge in [0.1, 0.15) is 18.7 Å². The van der Waals surface area contributed by atoms with Gasteiger partial charge in [-0.1, -0.05) is 47.8 Å². The average molecular weight is 409 g/mol. The molecule has 1 aliphatic heterocycles. The molecule has 1 aromatic rings. The topological polar surface area (TPSA) is 75.7 Å². The van der Waals surface area contributed by atoms with Gasteiger partial charge in [0.25, 0.3) is 5.91 Å². The maximum Gasteiger partial charge on any atom is 0.326 e. The molecule has 2 aliphatic rings. The summed E-state index contributed by atoms with van der Waals surface area (Å²) in [6.45, 7) is 1.74.